The van der Waals surface area contributed by atoms with Crippen molar-refractivity contribution >= 4 is 5.71 Å². The van der Waals surface area contributed by atoms with Crippen LogP contribution in [0.4, 0.5) is 0 Å². The van der Waals surface area contributed by atoms with Crippen LogP contribution in [0.2, 0.25) is 0 Å². The average molecular weight is 221 g/mol. The maximum atomic E-state index is 4.29. The van der Waals surface area contributed by atoms with Crippen LogP contribution in [-0.2, 0) is 0 Å². The van der Waals surface area contributed by atoms with Crippen molar-refractivity contribution in [3.8, 4) is 0 Å². The van der Waals surface area contributed by atoms with Crippen LogP contribution in [-0.4, -0.2) is 12.8 Å². The van der Waals surface area contributed by atoms with Crippen molar-refractivity contribution in [2.75, 3.05) is 7.05 Å². The van der Waals surface area contributed by atoms with E-state index >= 15 is 0 Å². The summed E-state index contributed by atoms with van der Waals surface area (Å²) in [4.78, 5) is 4.29. The van der Waals surface area contributed by atoms with Crippen LogP contribution >= 0.6 is 0 Å². The van der Waals surface area contributed by atoms with E-state index in [0.717, 1.165) is 18.4 Å². The molecule has 0 aromatic heterocycles. The Labute approximate surface area is 101 Å². The monoisotopic (exact) mass is 221 g/mol. The van der Waals surface area contributed by atoms with Gasteiger partial charge in [-0.2, -0.15) is 0 Å². The van der Waals surface area contributed by atoms with Crippen LogP contribution in [0.3, 0.4) is 0 Å². The fourth-order valence-electron chi connectivity index (χ4n) is 1.66. The second kappa shape index (κ2) is 6.03. The van der Waals surface area contributed by atoms with Crippen molar-refractivity contribution in [2.45, 2.75) is 47.5 Å². The fraction of sp³-hybridized carbons (Fsp3) is 0.667. The molecular weight excluding hydrogens is 194 g/mol. The number of hydrogen-bond donors (Lipinski definition) is 0. The summed E-state index contributed by atoms with van der Waals surface area (Å²) in [7, 11) is 1.87. The molecule has 0 bridgehead atoms. The van der Waals surface area contributed by atoms with Crippen molar-refractivity contribution in [3.05, 3.63) is 24.3 Å². The van der Waals surface area contributed by atoms with Gasteiger partial charge in [0.05, 0.1) is 0 Å². The average Bonchev–Trinajstić information content (AvgIpc) is 2.23. The molecule has 0 aromatic rings. The van der Waals surface area contributed by atoms with Gasteiger partial charge < -0.3 is 0 Å². The molecule has 0 aliphatic heterocycles. The van der Waals surface area contributed by atoms with E-state index in [1.165, 1.54) is 11.3 Å². The summed E-state index contributed by atoms with van der Waals surface area (Å²) < 4.78 is 0. The van der Waals surface area contributed by atoms with E-state index in [1.54, 1.807) is 0 Å². The molecule has 0 radical (unpaired) electrons. The Hall–Kier alpha value is -0.850. The molecular formula is C15H27N. The van der Waals surface area contributed by atoms with Crippen molar-refractivity contribution in [3.63, 3.8) is 0 Å². The van der Waals surface area contributed by atoms with Gasteiger partial charge in [-0.15, -0.1) is 0 Å². The maximum absolute atomic E-state index is 4.29. The lowest BCUT2D eigenvalue weighted by Crippen LogP contribution is -2.27. The van der Waals surface area contributed by atoms with Gasteiger partial charge in [0.25, 0.3) is 0 Å². The van der Waals surface area contributed by atoms with E-state index in [4.69, 9.17) is 0 Å². The highest BCUT2D eigenvalue weighted by atomic mass is 14.7. The van der Waals surface area contributed by atoms with Crippen molar-refractivity contribution in [2.24, 2.45) is 16.3 Å². The smallest absolute Gasteiger partial charge is 0.0276 e. The Morgan fingerprint density at radius 1 is 1.25 bits per heavy atom. The molecule has 0 fully saturated rings. The first-order chi connectivity index (χ1) is 7.22. The number of nitrogens with zero attached hydrogens (tertiary/aromatic N) is 1. The molecule has 0 saturated carbocycles. The van der Waals surface area contributed by atoms with E-state index in [9.17, 15) is 0 Å². The number of rotatable bonds is 6. The lowest BCUT2D eigenvalue weighted by atomic mass is 9.73. The van der Waals surface area contributed by atoms with Gasteiger partial charge in [0.15, 0.2) is 0 Å². The molecule has 16 heavy (non-hydrogen) atoms. The lowest BCUT2D eigenvalue weighted by Gasteiger charge is -2.32. The van der Waals surface area contributed by atoms with Crippen molar-refractivity contribution < 1.29 is 0 Å². The predicted octanol–water partition coefficient (Wildman–Crippen LogP) is 4.65. The van der Waals surface area contributed by atoms with Gasteiger partial charge in [-0.3, -0.25) is 4.99 Å². The topological polar surface area (TPSA) is 12.4 Å². The molecule has 1 nitrogen and oxygen atoms in total. The third kappa shape index (κ3) is 4.34. The van der Waals surface area contributed by atoms with Crippen LogP contribution < -0.4 is 0 Å². The summed E-state index contributed by atoms with van der Waals surface area (Å²) in [6.45, 7) is 19.0. The minimum absolute atomic E-state index is 0.266. The summed E-state index contributed by atoms with van der Waals surface area (Å²) in [5.74, 6) is 0.510. The van der Waals surface area contributed by atoms with Crippen LogP contribution in [0.15, 0.2) is 29.3 Å². The van der Waals surface area contributed by atoms with Crippen LogP contribution in [0.1, 0.15) is 47.5 Å². The Bertz CT molecular complexity index is 295. The van der Waals surface area contributed by atoms with Gasteiger partial charge in [0, 0.05) is 12.8 Å². The molecule has 1 atom stereocenters. The zero-order valence-electron chi connectivity index (χ0n) is 11.9. The van der Waals surface area contributed by atoms with Gasteiger partial charge in [-0.25, -0.2) is 0 Å². The molecule has 1 heteroatoms. The lowest BCUT2D eigenvalue weighted by molar-refractivity contribution is 0.270. The Kier molecular flexibility index (Phi) is 5.71. The van der Waals surface area contributed by atoms with Gasteiger partial charge in [-0.1, -0.05) is 45.1 Å². The number of aliphatic imine (C=N–C) groups is 1. The van der Waals surface area contributed by atoms with E-state index in [0.29, 0.717) is 5.92 Å². The van der Waals surface area contributed by atoms with Crippen molar-refractivity contribution in [1.82, 2.24) is 0 Å². The first-order valence-electron chi connectivity index (χ1n) is 5.99. The highest BCUT2D eigenvalue weighted by Gasteiger charge is 2.27. The highest BCUT2D eigenvalue weighted by Crippen LogP contribution is 2.34. The second-order valence-corrected chi connectivity index (χ2v) is 5.46. The molecule has 0 aromatic carbocycles. The van der Waals surface area contributed by atoms with Gasteiger partial charge >= 0.3 is 0 Å². The quantitative estimate of drug-likeness (QED) is 0.457. The molecule has 0 aliphatic carbocycles. The summed E-state index contributed by atoms with van der Waals surface area (Å²) >= 11 is 0. The Balaban J connectivity index is 4.46. The molecule has 0 heterocycles. The summed E-state index contributed by atoms with van der Waals surface area (Å²) in [5.41, 5.74) is 3.77. The van der Waals surface area contributed by atoms with E-state index in [1.807, 2.05) is 14.0 Å². The SMILES string of the molecule is C=C(C)C(=C)CCC(C)(C)[C@H](C)C(C)=NC. The maximum Gasteiger partial charge on any atom is 0.0276 e. The zero-order chi connectivity index (χ0) is 12.9. The van der Waals surface area contributed by atoms with Crippen LogP contribution in [0.5, 0.6) is 0 Å². The molecule has 0 saturated heterocycles. The largest absolute Gasteiger partial charge is 0.297 e. The molecule has 0 amide bonds. The minimum Gasteiger partial charge on any atom is -0.297 e. The molecule has 92 valence electrons. The summed E-state index contributed by atoms with van der Waals surface area (Å²) in [6, 6.07) is 0. The second-order valence-electron chi connectivity index (χ2n) is 5.46. The molecule has 0 spiro atoms. The van der Waals surface area contributed by atoms with Crippen LogP contribution in [0.25, 0.3) is 0 Å². The molecule has 0 aliphatic rings. The fourth-order valence-corrected chi connectivity index (χ4v) is 1.66. The number of allylic oxidation sites excluding steroid dienone is 2. The summed E-state index contributed by atoms with van der Waals surface area (Å²) in [6.07, 6.45) is 2.16. The van der Waals surface area contributed by atoms with E-state index in [2.05, 4.69) is 45.8 Å². The Morgan fingerprint density at radius 3 is 2.12 bits per heavy atom. The molecule has 0 N–H and O–H groups in total. The standard InChI is InChI=1S/C15H27N/c1-11(2)12(3)9-10-15(6,7)13(4)14(5)16-8/h13H,1,3,9-10H2,2,4-8H3/t13-/m1/s1. The number of hydrogen-bond acceptors (Lipinski definition) is 1. The van der Waals surface area contributed by atoms with Crippen LogP contribution in [0, 0.1) is 11.3 Å². The first-order valence-corrected chi connectivity index (χ1v) is 5.99. The van der Waals surface area contributed by atoms with Gasteiger partial charge in [0.2, 0.25) is 0 Å². The normalized spacial score (nSPS) is 14.8. The Morgan fingerprint density at radius 2 is 1.75 bits per heavy atom. The van der Waals surface area contributed by atoms with Crippen molar-refractivity contribution in [1.29, 1.82) is 0 Å². The summed E-state index contributed by atoms with van der Waals surface area (Å²) in [5, 5.41) is 0. The third-order valence-electron chi connectivity index (χ3n) is 3.83. The van der Waals surface area contributed by atoms with Gasteiger partial charge in [0.1, 0.15) is 0 Å². The minimum atomic E-state index is 0.266. The predicted molar refractivity (Wildman–Crippen MR) is 75.2 cm³/mol. The molecule has 0 unspecified atom stereocenters. The zero-order valence-corrected chi connectivity index (χ0v) is 11.9. The third-order valence-corrected chi connectivity index (χ3v) is 3.83. The van der Waals surface area contributed by atoms with E-state index in [-0.39, 0.29) is 5.41 Å². The van der Waals surface area contributed by atoms with Gasteiger partial charge in [-0.05, 0) is 38.0 Å². The molecule has 0 rings (SSSR count). The highest BCUT2D eigenvalue weighted by molar-refractivity contribution is 5.84. The first kappa shape index (κ1) is 15.2. The van der Waals surface area contributed by atoms with E-state index < -0.39 is 0 Å².